The van der Waals surface area contributed by atoms with Gasteiger partial charge in [0.05, 0.1) is 43.1 Å². The monoisotopic (exact) mass is 504 g/mol. The van der Waals surface area contributed by atoms with Crippen LogP contribution in [0.5, 0.6) is 5.75 Å². The van der Waals surface area contributed by atoms with Crippen molar-refractivity contribution in [3.05, 3.63) is 71.6 Å². The van der Waals surface area contributed by atoms with Crippen molar-refractivity contribution in [1.29, 1.82) is 0 Å². The first-order chi connectivity index (χ1) is 18.0. The minimum atomic E-state index is -0.527. The molecule has 1 fully saturated rings. The van der Waals surface area contributed by atoms with Gasteiger partial charge >= 0.3 is 5.97 Å². The molecule has 0 aliphatic carbocycles. The van der Waals surface area contributed by atoms with E-state index in [1.54, 1.807) is 29.0 Å². The number of hydrogen-bond acceptors (Lipinski definition) is 7. The van der Waals surface area contributed by atoms with Crippen LogP contribution in [0.4, 0.5) is 14.6 Å². The summed E-state index contributed by atoms with van der Waals surface area (Å²) in [6.07, 6.45) is 4.94. The van der Waals surface area contributed by atoms with E-state index in [-0.39, 0.29) is 11.6 Å². The first-order valence-corrected chi connectivity index (χ1v) is 11.7. The first-order valence-electron chi connectivity index (χ1n) is 11.7. The SMILES string of the molecule is COC(=O)c1cc2nc(-c3cnn4ccc(N5CCC[C@@H]5c5cc(F)ccc5F)nc34)[nH]c2cc1OC. The van der Waals surface area contributed by atoms with Crippen LogP contribution in [-0.2, 0) is 4.74 Å². The van der Waals surface area contributed by atoms with Crippen molar-refractivity contribution < 1.29 is 23.0 Å². The van der Waals surface area contributed by atoms with Crippen LogP contribution in [0.1, 0.15) is 34.8 Å². The van der Waals surface area contributed by atoms with Crippen LogP contribution >= 0.6 is 0 Å². The number of carbonyl (C=O) groups excluding carboxylic acids is 1. The second kappa shape index (κ2) is 8.84. The summed E-state index contributed by atoms with van der Waals surface area (Å²) in [4.78, 5) is 26.9. The molecule has 4 heterocycles. The molecule has 0 radical (unpaired) electrons. The van der Waals surface area contributed by atoms with Crippen LogP contribution in [0.2, 0.25) is 0 Å². The van der Waals surface area contributed by atoms with Crippen LogP contribution in [0, 0.1) is 11.6 Å². The third-order valence-electron chi connectivity index (χ3n) is 6.68. The first kappa shape index (κ1) is 22.9. The van der Waals surface area contributed by atoms with E-state index in [1.165, 1.54) is 20.3 Å². The van der Waals surface area contributed by atoms with Gasteiger partial charge in [-0.1, -0.05) is 0 Å². The number of anilines is 1. The highest BCUT2D eigenvalue weighted by molar-refractivity contribution is 5.97. The Bertz CT molecular complexity index is 1660. The molecule has 9 nitrogen and oxygen atoms in total. The molecule has 1 aliphatic rings. The summed E-state index contributed by atoms with van der Waals surface area (Å²) in [5, 5.41) is 4.40. The van der Waals surface area contributed by atoms with Crippen LogP contribution in [-0.4, -0.2) is 51.3 Å². The van der Waals surface area contributed by atoms with Crippen molar-refractivity contribution >= 4 is 28.5 Å². The summed E-state index contributed by atoms with van der Waals surface area (Å²) >= 11 is 0. The van der Waals surface area contributed by atoms with Crippen molar-refractivity contribution in [2.75, 3.05) is 25.7 Å². The third-order valence-corrected chi connectivity index (χ3v) is 6.68. The second-order valence-electron chi connectivity index (χ2n) is 8.78. The van der Waals surface area contributed by atoms with Gasteiger partial charge in [0.1, 0.15) is 34.6 Å². The Morgan fingerprint density at radius 3 is 2.81 bits per heavy atom. The lowest BCUT2D eigenvalue weighted by Crippen LogP contribution is -2.24. The topological polar surface area (TPSA) is 97.6 Å². The molecule has 0 saturated carbocycles. The van der Waals surface area contributed by atoms with Gasteiger partial charge in [0, 0.05) is 24.4 Å². The molecule has 2 aromatic carbocycles. The Morgan fingerprint density at radius 2 is 2.00 bits per heavy atom. The number of fused-ring (bicyclic) bond motifs is 2. The van der Waals surface area contributed by atoms with Crippen molar-refractivity contribution in [1.82, 2.24) is 24.6 Å². The predicted octanol–water partition coefficient (Wildman–Crippen LogP) is 4.69. The number of imidazole rings is 1. The summed E-state index contributed by atoms with van der Waals surface area (Å²) < 4.78 is 40.3. The molecule has 0 unspecified atom stereocenters. The number of aromatic amines is 1. The van der Waals surface area contributed by atoms with Gasteiger partial charge in [-0.15, -0.1) is 0 Å². The highest BCUT2D eigenvalue weighted by atomic mass is 19.1. The molecular weight excluding hydrogens is 482 g/mol. The summed E-state index contributed by atoms with van der Waals surface area (Å²) in [7, 11) is 2.78. The highest BCUT2D eigenvalue weighted by Gasteiger charge is 2.30. The van der Waals surface area contributed by atoms with Crippen LogP contribution in [0.25, 0.3) is 28.1 Å². The number of ether oxygens (including phenoxy) is 2. The molecule has 1 atom stereocenters. The lowest BCUT2D eigenvalue weighted by Gasteiger charge is -2.26. The third kappa shape index (κ3) is 3.83. The van der Waals surface area contributed by atoms with E-state index in [4.69, 9.17) is 14.5 Å². The number of rotatable bonds is 5. The van der Waals surface area contributed by atoms with Crippen LogP contribution in [0.3, 0.4) is 0 Å². The van der Waals surface area contributed by atoms with Crippen molar-refractivity contribution in [3.8, 4) is 17.1 Å². The molecule has 37 heavy (non-hydrogen) atoms. The van der Waals surface area contributed by atoms with Gasteiger partial charge < -0.3 is 19.4 Å². The van der Waals surface area contributed by atoms with Crippen molar-refractivity contribution in [3.63, 3.8) is 0 Å². The van der Waals surface area contributed by atoms with E-state index in [2.05, 4.69) is 15.1 Å². The molecule has 6 rings (SSSR count). The number of halogens is 2. The fourth-order valence-corrected chi connectivity index (χ4v) is 4.92. The van der Waals surface area contributed by atoms with Gasteiger partial charge in [-0.3, -0.25) is 0 Å². The number of nitrogens with zero attached hydrogens (tertiary/aromatic N) is 5. The van der Waals surface area contributed by atoms with Gasteiger partial charge in [-0.05, 0) is 43.2 Å². The van der Waals surface area contributed by atoms with Gasteiger partial charge in [0.15, 0.2) is 5.65 Å². The molecule has 5 aromatic rings. The molecule has 1 aliphatic heterocycles. The Morgan fingerprint density at radius 1 is 1.14 bits per heavy atom. The number of carbonyl (C=O) groups is 1. The Labute approximate surface area is 209 Å². The minimum absolute atomic E-state index is 0.264. The molecule has 3 aromatic heterocycles. The zero-order valence-electron chi connectivity index (χ0n) is 20.0. The van der Waals surface area contributed by atoms with Crippen LogP contribution < -0.4 is 9.64 Å². The molecule has 0 spiro atoms. The number of hydrogen-bond donors (Lipinski definition) is 1. The predicted molar refractivity (Wildman–Crippen MR) is 132 cm³/mol. The maximum atomic E-state index is 14.6. The average molecular weight is 504 g/mol. The summed E-state index contributed by atoms with van der Waals surface area (Å²) in [6, 6.07) is 8.32. The van der Waals surface area contributed by atoms with E-state index in [0.717, 1.165) is 18.6 Å². The highest BCUT2D eigenvalue weighted by Crippen LogP contribution is 2.37. The molecule has 1 N–H and O–H groups in total. The van der Waals surface area contributed by atoms with E-state index in [0.29, 0.717) is 58.2 Å². The Hall–Kier alpha value is -4.54. The van der Waals surface area contributed by atoms with Crippen molar-refractivity contribution in [2.45, 2.75) is 18.9 Å². The number of H-pyrrole nitrogens is 1. The Balaban J connectivity index is 1.41. The van der Waals surface area contributed by atoms with E-state index in [1.807, 2.05) is 11.0 Å². The number of benzene rings is 2. The smallest absolute Gasteiger partial charge is 0.341 e. The van der Waals surface area contributed by atoms with Crippen molar-refractivity contribution in [2.24, 2.45) is 0 Å². The average Bonchev–Trinajstić information content (AvgIpc) is 3.65. The number of esters is 1. The van der Waals surface area contributed by atoms with Gasteiger partial charge in [0.25, 0.3) is 0 Å². The molecule has 11 heteroatoms. The fraction of sp³-hybridized carbons (Fsp3) is 0.231. The fourth-order valence-electron chi connectivity index (χ4n) is 4.92. The summed E-state index contributed by atoms with van der Waals surface area (Å²) in [6.45, 7) is 0.661. The quantitative estimate of drug-likeness (QED) is 0.347. The molecular formula is C26H22F2N6O3. The zero-order chi connectivity index (χ0) is 25.7. The zero-order valence-corrected chi connectivity index (χ0v) is 20.0. The molecule has 1 saturated heterocycles. The normalized spacial score (nSPS) is 15.6. The van der Waals surface area contributed by atoms with E-state index in [9.17, 15) is 13.6 Å². The Kier molecular flexibility index (Phi) is 5.47. The maximum Gasteiger partial charge on any atom is 0.341 e. The van der Waals surface area contributed by atoms with Gasteiger partial charge in [-0.2, -0.15) is 5.10 Å². The number of methoxy groups -OCH3 is 2. The number of aromatic nitrogens is 5. The van der Waals surface area contributed by atoms with Gasteiger partial charge in [-0.25, -0.2) is 28.1 Å². The molecule has 0 amide bonds. The second-order valence-corrected chi connectivity index (χ2v) is 8.78. The molecule has 188 valence electrons. The summed E-state index contributed by atoms with van der Waals surface area (Å²) in [5.41, 5.74) is 2.98. The minimum Gasteiger partial charge on any atom is -0.496 e. The largest absolute Gasteiger partial charge is 0.496 e. The molecule has 0 bridgehead atoms. The van der Waals surface area contributed by atoms with E-state index < -0.39 is 17.6 Å². The lowest BCUT2D eigenvalue weighted by atomic mass is 10.0. The van der Waals surface area contributed by atoms with Gasteiger partial charge in [0.2, 0.25) is 0 Å². The summed E-state index contributed by atoms with van der Waals surface area (Å²) in [5.74, 6) is 0.0640. The van der Waals surface area contributed by atoms with Crippen LogP contribution in [0.15, 0.2) is 48.8 Å². The van der Waals surface area contributed by atoms with E-state index >= 15 is 0 Å². The maximum absolute atomic E-state index is 14.6. The lowest BCUT2D eigenvalue weighted by molar-refractivity contribution is 0.0597. The standard InChI is InChI=1S/C26H22F2N6O3/c1-36-22-12-20-19(11-16(22)26(35)37-2)30-24(31-20)17-13-29-34-9-7-23(32-25(17)34)33-8-3-4-21(33)15-10-14(27)5-6-18(15)28/h5-7,9-13,21H,3-4,8H2,1-2H3,(H,30,31)/t21-/m1/s1. The number of nitrogens with one attached hydrogen (secondary N) is 1.